The molecular weight excluding hydrogens is 226 g/mol. The zero-order valence-electron chi connectivity index (χ0n) is 12.1. The summed E-state index contributed by atoms with van der Waals surface area (Å²) in [4.78, 5) is 0. The average molecular weight is 251 g/mol. The Balaban J connectivity index is 2.77. The Bertz CT molecular complexity index is 383. The first-order valence-corrected chi connectivity index (χ1v) is 6.35. The smallest absolute Gasteiger partial charge is 0.161 e. The van der Waals surface area contributed by atoms with E-state index in [1.54, 1.807) is 14.2 Å². The van der Waals surface area contributed by atoms with Crippen molar-refractivity contribution in [3.8, 4) is 11.5 Å². The van der Waals surface area contributed by atoms with E-state index in [0.29, 0.717) is 5.41 Å². The molecule has 1 unspecified atom stereocenters. The zero-order chi connectivity index (χ0) is 13.8. The maximum atomic E-state index is 6.22. The third-order valence-corrected chi connectivity index (χ3v) is 3.04. The molecule has 2 N–H and O–H groups in total. The van der Waals surface area contributed by atoms with Crippen molar-refractivity contribution in [2.24, 2.45) is 11.1 Å². The van der Waals surface area contributed by atoms with Crippen LogP contribution in [0.1, 0.15) is 45.2 Å². The maximum Gasteiger partial charge on any atom is 0.161 e. The molecule has 0 heterocycles. The second-order valence-corrected chi connectivity index (χ2v) is 5.82. The van der Waals surface area contributed by atoms with Crippen LogP contribution in [0, 0.1) is 5.41 Å². The highest BCUT2D eigenvalue weighted by atomic mass is 16.5. The van der Waals surface area contributed by atoms with Crippen LogP contribution in [-0.4, -0.2) is 14.2 Å². The van der Waals surface area contributed by atoms with Crippen molar-refractivity contribution in [2.75, 3.05) is 14.2 Å². The molecule has 0 spiro atoms. The van der Waals surface area contributed by atoms with E-state index in [2.05, 4.69) is 20.8 Å². The molecule has 0 aromatic heterocycles. The summed E-state index contributed by atoms with van der Waals surface area (Å²) >= 11 is 0. The molecule has 0 radical (unpaired) electrons. The highest BCUT2D eigenvalue weighted by Crippen LogP contribution is 2.32. The molecule has 0 saturated carbocycles. The predicted octanol–water partition coefficient (Wildman–Crippen LogP) is 3.53. The second-order valence-electron chi connectivity index (χ2n) is 5.82. The van der Waals surface area contributed by atoms with Gasteiger partial charge in [-0.05, 0) is 36.0 Å². The van der Waals surface area contributed by atoms with Gasteiger partial charge in [0.2, 0.25) is 0 Å². The highest BCUT2D eigenvalue weighted by molar-refractivity contribution is 5.43. The van der Waals surface area contributed by atoms with Gasteiger partial charge in [-0.1, -0.05) is 26.8 Å². The Kier molecular flexibility index (Phi) is 5.03. The highest BCUT2D eigenvalue weighted by Gasteiger charge is 2.15. The molecule has 18 heavy (non-hydrogen) atoms. The van der Waals surface area contributed by atoms with Crippen molar-refractivity contribution < 1.29 is 9.47 Å². The van der Waals surface area contributed by atoms with Crippen LogP contribution < -0.4 is 15.2 Å². The monoisotopic (exact) mass is 251 g/mol. The van der Waals surface area contributed by atoms with Gasteiger partial charge in [0.05, 0.1) is 14.2 Å². The average Bonchev–Trinajstić information content (AvgIpc) is 2.34. The molecule has 0 aliphatic rings. The lowest BCUT2D eigenvalue weighted by molar-refractivity contribution is 0.345. The summed E-state index contributed by atoms with van der Waals surface area (Å²) in [6.45, 7) is 6.69. The van der Waals surface area contributed by atoms with Crippen molar-refractivity contribution in [1.82, 2.24) is 0 Å². The second kappa shape index (κ2) is 6.10. The standard InChI is InChI=1S/C15H25NO2/c1-15(2,3)9-8-12(16)11-6-7-13(17-4)14(10-11)18-5/h6-7,10,12H,8-9,16H2,1-5H3. The fourth-order valence-corrected chi connectivity index (χ4v) is 1.84. The minimum absolute atomic E-state index is 0.0454. The van der Waals surface area contributed by atoms with Crippen LogP contribution >= 0.6 is 0 Å². The minimum atomic E-state index is 0.0454. The van der Waals surface area contributed by atoms with E-state index >= 15 is 0 Å². The molecule has 1 rings (SSSR count). The van der Waals surface area contributed by atoms with Gasteiger partial charge < -0.3 is 15.2 Å². The van der Waals surface area contributed by atoms with E-state index in [-0.39, 0.29) is 6.04 Å². The topological polar surface area (TPSA) is 44.5 Å². The minimum Gasteiger partial charge on any atom is -0.493 e. The zero-order valence-corrected chi connectivity index (χ0v) is 12.1. The SMILES string of the molecule is COc1ccc(C(N)CCC(C)(C)C)cc1OC. The number of hydrogen-bond acceptors (Lipinski definition) is 3. The van der Waals surface area contributed by atoms with Gasteiger partial charge in [-0.3, -0.25) is 0 Å². The molecule has 0 aliphatic heterocycles. The molecule has 0 aliphatic carbocycles. The van der Waals surface area contributed by atoms with Gasteiger partial charge in [0.15, 0.2) is 11.5 Å². The maximum absolute atomic E-state index is 6.22. The number of hydrogen-bond donors (Lipinski definition) is 1. The molecule has 0 bridgehead atoms. The molecule has 0 fully saturated rings. The first-order valence-electron chi connectivity index (χ1n) is 6.35. The molecule has 1 atom stereocenters. The number of rotatable bonds is 5. The van der Waals surface area contributed by atoms with Crippen molar-refractivity contribution >= 4 is 0 Å². The van der Waals surface area contributed by atoms with E-state index < -0.39 is 0 Å². The lowest BCUT2D eigenvalue weighted by Crippen LogP contribution is -2.14. The largest absolute Gasteiger partial charge is 0.493 e. The van der Waals surface area contributed by atoms with Gasteiger partial charge in [0, 0.05) is 6.04 Å². The van der Waals surface area contributed by atoms with Crippen molar-refractivity contribution in [1.29, 1.82) is 0 Å². The normalized spacial score (nSPS) is 13.2. The van der Waals surface area contributed by atoms with Crippen LogP contribution in [0.15, 0.2) is 18.2 Å². The molecule has 3 nitrogen and oxygen atoms in total. The van der Waals surface area contributed by atoms with Gasteiger partial charge in [0.1, 0.15) is 0 Å². The van der Waals surface area contributed by atoms with E-state index in [1.807, 2.05) is 18.2 Å². The van der Waals surface area contributed by atoms with Gasteiger partial charge in [-0.2, -0.15) is 0 Å². The van der Waals surface area contributed by atoms with Crippen LogP contribution in [0.5, 0.6) is 11.5 Å². The number of nitrogens with two attached hydrogens (primary N) is 1. The third kappa shape index (κ3) is 4.22. The van der Waals surface area contributed by atoms with Crippen LogP contribution in [0.4, 0.5) is 0 Å². The van der Waals surface area contributed by atoms with E-state index in [0.717, 1.165) is 29.9 Å². The Labute approximate surface area is 110 Å². The van der Waals surface area contributed by atoms with Crippen LogP contribution in [-0.2, 0) is 0 Å². The summed E-state index contributed by atoms with van der Waals surface area (Å²) < 4.78 is 10.5. The van der Waals surface area contributed by atoms with Crippen LogP contribution in [0.25, 0.3) is 0 Å². The predicted molar refractivity (Wildman–Crippen MR) is 75.2 cm³/mol. The van der Waals surface area contributed by atoms with E-state index in [1.165, 1.54) is 0 Å². The summed E-state index contributed by atoms with van der Waals surface area (Å²) in [7, 11) is 3.28. The quantitative estimate of drug-likeness (QED) is 0.870. The van der Waals surface area contributed by atoms with Crippen LogP contribution in [0.2, 0.25) is 0 Å². The molecule has 0 amide bonds. The number of methoxy groups -OCH3 is 2. The molecule has 1 aromatic carbocycles. The Morgan fingerprint density at radius 2 is 1.72 bits per heavy atom. The first-order chi connectivity index (χ1) is 8.37. The van der Waals surface area contributed by atoms with E-state index in [9.17, 15) is 0 Å². The number of benzene rings is 1. The summed E-state index contributed by atoms with van der Waals surface area (Å²) in [5.41, 5.74) is 7.63. The molecule has 102 valence electrons. The van der Waals surface area contributed by atoms with Crippen molar-refractivity contribution in [2.45, 2.75) is 39.7 Å². The lowest BCUT2D eigenvalue weighted by atomic mass is 9.87. The Morgan fingerprint density at radius 1 is 1.11 bits per heavy atom. The number of ether oxygens (including phenoxy) is 2. The Hall–Kier alpha value is -1.22. The van der Waals surface area contributed by atoms with Crippen LogP contribution in [0.3, 0.4) is 0 Å². The fraction of sp³-hybridized carbons (Fsp3) is 0.600. The molecular formula is C15H25NO2. The lowest BCUT2D eigenvalue weighted by Gasteiger charge is -2.21. The summed E-state index contributed by atoms with van der Waals surface area (Å²) in [6.07, 6.45) is 2.07. The van der Waals surface area contributed by atoms with Gasteiger partial charge in [-0.15, -0.1) is 0 Å². The molecule has 1 aromatic rings. The fourth-order valence-electron chi connectivity index (χ4n) is 1.84. The molecule has 0 saturated heterocycles. The summed E-state index contributed by atoms with van der Waals surface area (Å²) in [5, 5.41) is 0. The van der Waals surface area contributed by atoms with E-state index in [4.69, 9.17) is 15.2 Å². The van der Waals surface area contributed by atoms with Gasteiger partial charge in [0.25, 0.3) is 0 Å². The van der Waals surface area contributed by atoms with Gasteiger partial charge >= 0.3 is 0 Å². The third-order valence-electron chi connectivity index (χ3n) is 3.04. The van der Waals surface area contributed by atoms with Crippen molar-refractivity contribution in [3.63, 3.8) is 0 Å². The van der Waals surface area contributed by atoms with Gasteiger partial charge in [-0.25, -0.2) is 0 Å². The summed E-state index contributed by atoms with van der Waals surface area (Å²) in [6, 6.07) is 5.93. The summed E-state index contributed by atoms with van der Waals surface area (Å²) in [5.74, 6) is 1.48. The molecule has 3 heteroatoms. The Morgan fingerprint density at radius 3 is 2.22 bits per heavy atom. The first kappa shape index (κ1) is 14.8. The van der Waals surface area contributed by atoms with Crippen molar-refractivity contribution in [3.05, 3.63) is 23.8 Å².